The Bertz CT molecular complexity index is 1560. The lowest BCUT2D eigenvalue weighted by Crippen LogP contribution is -2.40. The van der Waals surface area contributed by atoms with Crippen molar-refractivity contribution in [1.82, 2.24) is 9.44 Å². The van der Waals surface area contributed by atoms with Gasteiger partial charge in [0.25, 0.3) is 0 Å². The van der Waals surface area contributed by atoms with E-state index >= 15 is 0 Å². The van der Waals surface area contributed by atoms with E-state index in [0.29, 0.717) is 11.1 Å². The van der Waals surface area contributed by atoms with Crippen LogP contribution in [0.1, 0.15) is 75.9 Å². The summed E-state index contributed by atoms with van der Waals surface area (Å²) in [7, 11) is -8.10. The Morgan fingerprint density at radius 3 is 1.00 bits per heavy atom. The summed E-state index contributed by atoms with van der Waals surface area (Å²) < 4.78 is 60.8. The van der Waals surface area contributed by atoms with E-state index in [2.05, 4.69) is 51.0 Å². The number of nitrogens with one attached hydrogen (secondary N) is 2. The first kappa shape index (κ1) is 31.6. The Morgan fingerprint density at radius 2 is 0.738 bits per heavy atom. The largest absolute Gasteiger partial charge is 0.241 e. The van der Waals surface area contributed by atoms with Crippen LogP contribution in [0.2, 0.25) is 0 Å². The van der Waals surface area contributed by atoms with E-state index < -0.39 is 32.1 Å². The highest BCUT2D eigenvalue weighted by molar-refractivity contribution is 7.90. The fourth-order valence-corrected chi connectivity index (χ4v) is 7.19. The molecule has 0 fully saturated rings. The van der Waals surface area contributed by atoms with E-state index in [-0.39, 0.29) is 20.6 Å². The maximum absolute atomic E-state index is 13.8. The normalized spacial score (nSPS) is 14.3. The lowest BCUT2D eigenvalue weighted by Gasteiger charge is -2.30. The quantitative estimate of drug-likeness (QED) is 0.215. The number of rotatable bonds is 9. The van der Waals surface area contributed by atoms with Crippen molar-refractivity contribution in [3.63, 3.8) is 0 Å². The smallest absolute Gasteiger partial charge is 0.207 e. The first-order chi connectivity index (χ1) is 19.6. The molecule has 0 aliphatic heterocycles. The molecule has 2 N–H and O–H groups in total. The van der Waals surface area contributed by atoms with Crippen LogP contribution in [0.25, 0.3) is 0 Å². The second kappa shape index (κ2) is 12.1. The zero-order chi connectivity index (χ0) is 30.8. The first-order valence-electron chi connectivity index (χ1n) is 13.9. The van der Waals surface area contributed by atoms with Crippen LogP contribution in [0, 0.1) is 0 Å². The molecular formula is C34H40N2O4S2. The van der Waals surface area contributed by atoms with Crippen LogP contribution in [0.5, 0.6) is 0 Å². The average molecular weight is 605 g/mol. The predicted molar refractivity (Wildman–Crippen MR) is 169 cm³/mol. The van der Waals surface area contributed by atoms with Gasteiger partial charge in [-0.2, -0.15) is 0 Å². The van der Waals surface area contributed by atoms with Gasteiger partial charge in [0.1, 0.15) is 0 Å². The molecule has 4 aromatic rings. The van der Waals surface area contributed by atoms with Gasteiger partial charge in [-0.25, -0.2) is 26.3 Å². The molecular weight excluding hydrogens is 565 g/mol. The molecule has 0 amide bonds. The van der Waals surface area contributed by atoms with Crippen LogP contribution in [0.15, 0.2) is 119 Å². The van der Waals surface area contributed by atoms with E-state index in [0.717, 1.165) is 11.1 Å². The number of benzene rings is 4. The summed E-state index contributed by atoms with van der Waals surface area (Å²) in [5.74, 6) is 0. The summed E-state index contributed by atoms with van der Waals surface area (Å²) in [5, 5.41) is 0. The van der Waals surface area contributed by atoms with Crippen molar-refractivity contribution in [1.29, 1.82) is 0 Å². The van der Waals surface area contributed by atoms with Crippen LogP contribution in [0.3, 0.4) is 0 Å². The fourth-order valence-electron chi connectivity index (χ4n) is 4.72. The molecule has 0 spiro atoms. The highest BCUT2D eigenvalue weighted by atomic mass is 32.2. The Balaban J connectivity index is 1.78. The van der Waals surface area contributed by atoms with Gasteiger partial charge in [-0.05, 0) is 57.3 Å². The molecule has 0 bridgehead atoms. The number of hydrogen-bond donors (Lipinski definition) is 2. The van der Waals surface area contributed by atoms with Gasteiger partial charge in [0.05, 0.1) is 21.9 Å². The molecule has 0 aromatic heterocycles. The minimum Gasteiger partial charge on any atom is -0.207 e. The maximum atomic E-state index is 13.8. The average Bonchev–Trinajstić information content (AvgIpc) is 2.95. The summed E-state index contributed by atoms with van der Waals surface area (Å²) in [5.41, 5.74) is 2.98. The van der Waals surface area contributed by atoms with Gasteiger partial charge in [0.15, 0.2) is 0 Å². The van der Waals surface area contributed by atoms with Gasteiger partial charge in [-0.3, -0.25) is 0 Å². The van der Waals surface area contributed by atoms with Gasteiger partial charge in [-0.1, -0.05) is 126 Å². The second-order valence-electron chi connectivity index (χ2n) is 12.6. The molecule has 0 saturated heterocycles. The van der Waals surface area contributed by atoms with Crippen LogP contribution in [-0.4, -0.2) is 16.8 Å². The van der Waals surface area contributed by atoms with Gasteiger partial charge in [0.2, 0.25) is 20.0 Å². The molecule has 0 aliphatic carbocycles. The molecule has 6 nitrogen and oxygen atoms in total. The number of sulfonamides is 2. The maximum Gasteiger partial charge on any atom is 0.241 e. The predicted octanol–water partition coefficient (Wildman–Crippen LogP) is 7.02. The summed E-state index contributed by atoms with van der Waals surface area (Å²) in [6.45, 7) is 12.4. The summed E-state index contributed by atoms with van der Waals surface area (Å²) in [6, 6.07) is 29.7. The SMILES string of the molecule is CC(C)(C)c1ccc(S(=O)(=O)N[C@@H](c2ccccc2)[C@@H](NS(=O)(=O)c2ccc(C(C)(C)C)cc2)c2ccccc2)cc1. The van der Waals surface area contributed by atoms with Gasteiger partial charge >= 0.3 is 0 Å². The Kier molecular flexibility index (Phi) is 9.14. The summed E-state index contributed by atoms with van der Waals surface area (Å²) >= 11 is 0. The van der Waals surface area contributed by atoms with E-state index in [1.54, 1.807) is 72.8 Å². The van der Waals surface area contributed by atoms with E-state index in [4.69, 9.17) is 0 Å². The Morgan fingerprint density at radius 1 is 0.452 bits per heavy atom. The standard InChI is InChI=1S/C34H40N2O4S2/c1-33(2,3)27-17-21-29(22-18-27)41(37,38)35-31(25-13-9-7-10-14-25)32(26-15-11-8-12-16-26)36-42(39,40)30-23-19-28(20-24-30)34(4,5)6/h7-24,31-32,35-36H,1-6H3/t31-,32-/m0/s1. The van der Waals surface area contributed by atoms with Crippen molar-refractivity contribution in [2.75, 3.05) is 0 Å². The summed E-state index contributed by atoms with van der Waals surface area (Å²) in [4.78, 5) is 0.202. The molecule has 42 heavy (non-hydrogen) atoms. The molecule has 8 heteroatoms. The molecule has 222 valence electrons. The van der Waals surface area contributed by atoms with Crippen molar-refractivity contribution >= 4 is 20.0 Å². The lowest BCUT2D eigenvalue weighted by molar-refractivity contribution is 0.466. The molecule has 0 aliphatic rings. The van der Waals surface area contributed by atoms with Crippen molar-refractivity contribution in [2.45, 2.75) is 74.2 Å². The topological polar surface area (TPSA) is 92.3 Å². The van der Waals surface area contributed by atoms with Crippen molar-refractivity contribution in [2.24, 2.45) is 0 Å². The van der Waals surface area contributed by atoms with Crippen LogP contribution >= 0.6 is 0 Å². The van der Waals surface area contributed by atoms with Gasteiger partial charge < -0.3 is 0 Å². The third-order valence-corrected chi connectivity index (χ3v) is 10.2. The number of hydrogen-bond acceptors (Lipinski definition) is 4. The molecule has 4 aromatic carbocycles. The van der Waals surface area contributed by atoms with Crippen molar-refractivity contribution in [3.8, 4) is 0 Å². The highest BCUT2D eigenvalue weighted by Gasteiger charge is 2.33. The second-order valence-corrected chi connectivity index (χ2v) is 16.0. The fraction of sp³-hybridized carbons (Fsp3) is 0.294. The van der Waals surface area contributed by atoms with Crippen LogP contribution in [-0.2, 0) is 30.9 Å². The summed E-state index contributed by atoms with van der Waals surface area (Å²) in [6.07, 6.45) is 0. The Labute approximate surface area is 251 Å². The Hall–Kier alpha value is -3.30. The van der Waals surface area contributed by atoms with Gasteiger partial charge in [0, 0.05) is 0 Å². The van der Waals surface area contributed by atoms with Crippen LogP contribution in [0.4, 0.5) is 0 Å². The molecule has 4 rings (SSSR count). The van der Waals surface area contributed by atoms with Crippen molar-refractivity contribution < 1.29 is 16.8 Å². The molecule has 0 saturated carbocycles. The lowest BCUT2D eigenvalue weighted by atomic mass is 9.87. The molecule has 0 radical (unpaired) electrons. The minimum absolute atomic E-state index is 0.101. The molecule has 0 unspecified atom stereocenters. The zero-order valence-electron chi connectivity index (χ0n) is 25.0. The highest BCUT2D eigenvalue weighted by Crippen LogP contribution is 2.33. The molecule has 2 atom stereocenters. The molecule has 0 heterocycles. The van der Waals surface area contributed by atoms with E-state index in [1.807, 2.05) is 36.4 Å². The zero-order valence-corrected chi connectivity index (χ0v) is 26.6. The third-order valence-electron chi connectivity index (χ3n) is 7.28. The van der Waals surface area contributed by atoms with Gasteiger partial charge in [-0.15, -0.1) is 0 Å². The van der Waals surface area contributed by atoms with E-state index in [9.17, 15) is 16.8 Å². The van der Waals surface area contributed by atoms with Crippen molar-refractivity contribution in [3.05, 3.63) is 131 Å². The third kappa shape index (κ3) is 7.55. The first-order valence-corrected chi connectivity index (χ1v) is 16.9. The minimum atomic E-state index is -4.05. The van der Waals surface area contributed by atoms with E-state index in [1.165, 1.54) is 0 Å². The van der Waals surface area contributed by atoms with Crippen LogP contribution < -0.4 is 9.44 Å². The monoisotopic (exact) mass is 604 g/mol.